The van der Waals surface area contributed by atoms with Crippen LogP contribution in [0.3, 0.4) is 0 Å². The van der Waals surface area contributed by atoms with Crippen LogP contribution in [0.1, 0.15) is 20.8 Å². The molecule has 0 aromatic heterocycles. The molecule has 1 aromatic rings. The smallest absolute Gasteiger partial charge is 0.231 e. The second-order valence-corrected chi connectivity index (χ2v) is 6.32. The van der Waals surface area contributed by atoms with E-state index in [9.17, 15) is 0 Å². The number of hydrogen-bond acceptors (Lipinski definition) is 4. The van der Waals surface area contributed by atoms with E-state index in [-0.39, 0.29) is 0 Å². The summed E-state index contributed by atoms with van der Waals surface area (Å²) in [7, 11) is 0. The first-order valence-electron chi connectivity index (χ1n) is 6.91. The maximum Gasteiger partial charge on any atom is 0.231 e. The van der Waals surface area contributed by atoms with Gasteiger partial charge in [0.25, 0.3) is 0 Å². The Labute approximate surface area is 125 Å². The molecule has 1 aliphatic rings. The van der Waals surface area contributed by atoms with Gasteiger partial charge in [0.15, 0.2) is 11.5 Å². The highest BCUT2D eigenvalue weighted by Crippen LogP contribution is 2.35. The van der Waals surface area contributed by atoms with Crippen LogP contribution in [0.25, 0.3) is 0 Å². The minimum Gasteiger partial charge on any atom is -0.489 e. The van der Waals surface area contributed by atoms with Crippen molar-refractivity contribution in [3.05, 3.63) is 29.8 Å². The first kappa shape index (κ1) is 15.1. The molecule has 1 heterocycles. The lowest BCUT2D eigenvalue weighted by molar-refractivity contribution is 0.174. The zero-order valence-electron chi connectivity index (χ0n) is 12.3. The molecule has 4 heteroatoms. The molecule has 110 valence electrons. The minimum absolute atomic E-state index is 0.296. The number of thioether (sulfide) groups is 1. The highest BCUT2D eigenvalue weighted by Gasteiger charge is 2.13. The van der Waals surface area contributed by atoms with Gasteiger partial charge >= 0.3 is 0 Å². The summed E-state index contributed by atoms with van der Waals surface area (Å²) in [4.78, 5) is 0. The van der Waals surface area contributed by atoms with Crippen molar-refractivity contribution in [3.63, 3.8) is 0 Å². The predicted octanol–water partition coefficient (Wildman–Crippen LogP) is 4.13. The average molecular weight is 294 g/mol. The lowest BCUT2D eigenvalue weighted by atomic mass is 10.3. The van der Waals surface area contributed by atoms with E-state index in [1.165, 1.54) is 11.3 Å². The third kappa shape index (κ3) is 4.67. The van der Waals surface area contributed by atoms with Crippen molar-refractivity contribution in [1.29, 1.82) is 0 Å². The molecule has 0 fully saturated rings. The zero-order chi connectivity index (χ0) is 14.4. The summed E-state index contributed by atoms with van der Waals surface area (Å²) in [5, 5.41) is 0. The molecule has 0 atom stereocenters. The molecule has 0 unspecified atom stereocenters. The summed E-state index contributed by atoms with van der Waals surface area (Å²) in [6.45, 7) is 7.53. The normalized spacial score (nSPS) is 13.9. The van der Waals surface area contributed by atoms with Crippen LogP contribution >= 0.6 is 11.8 Å². The molecule has 0 radical (unpaired) electrons. The Morgan fingerprint density at radius 3 is 2.95 bits per heavy atom. The third-order valence-electron chi connectivity index (χ3n) is 2.81. The van der Waals surface area contributed by atoms with Gasteiger partial charge in [-0.2, -0.15) is 11.8 Å². The summed E-state index contributed by atoms with van der Waals surface area (Å²) >= 11 is 1.97. The van der Waals surface area contributed by atoms with Gasteiger partial charge in [0.05, 0.1) is 0 Å². The van der Waals surface area contributed by atoms with Gasteiger partial charge in [-0.15, -0.1) is 0 Å². The summed E-state index contributed by atoms with van der Waals surface area (Å²) < 4.78 is 16.3. The quantitative estimate of drug-likeness (QED) is 0.707. The fourth-order valence-electron chi connectivity index (χ4n) is 1.76. The van der Waals surface area contributed by atoms with E-state index in [1.807, 2.05) is 30.0 Å². The highest BCUT2D eigenvalue weighted by atomic mass is 32.2. The van der Waals surface area contributed by atoms with Crippen LogP contribution in [0.2, 0.25) is 0 Å². The predicted molar refractivity (Wildman–Crippen MR) is 84.0 cm³/mol. The van der Waals surface area contributed by atoms with Crippen LogP contribution in [0, 0.1) is 5.92 Å². The van der Waals surface area contributed by atoms with Crippen molar-refractivity contribution >= 4 is 11.8 Å². The maximum atomic E-state index is 5.71. The Bertz CT molecular complexity index is 469. The van der Waals surface area contributed by atoms with Crippen molar-refractivity contribution < 1.29 is 14.2 Å². The molecule has 0 aliphatic carbocycles. The molecule has 0 saturated heterocycles. The molecule has 3 nitrogen and oxygen atoms in total. The fourth-order valence-corrected chi connectivity index (χ4v) is 2.79. The van der Waals surface area contributed by atoms with Gasteiger partial charge in [0.2, 0.25) is 6.79 Å². The largest absolute Gasteiger partial charge is 0.489 e. The van der Waals surface area contributed by atoms with E-state index in [4.69, 9.17) is 14.2 Å². The Morgan fingerprint density at radius 1 is 1.35 bits per heavy atom. The topological polar surface area (TPSA) is 27.7 Å². The monoisotopic (exact) mass is 294 g/mol. The average Bonchev–Trinajstić information content (AvgIpc) is 2.85. The van der Waals surface area contributed by atoms with E-state index in [2.05, 4.69) is 26.8 Å². The van der Waals surface area contributed by atoms with Crippen LogP contribution in [-0.4, -0.2) is 24.9 Å². The number of ether oxygens (including phenoxy) is 3. The van der Waals surface area contributed by atoms with E-state index in [1.54, 1.807) is 0 Å². The van der Waals surface area contributed by atoms with Gasteiger partial charge in [-0.25, -0.2) is 0 Å². The molecule has 0 amide bonds. The minimum atomic E-state index is 0.296. The summed E-state index contributed by atoms with van der Waals surface area (Å²) in [5.74, 6) is 5.38. The SMILES string of the molecule is CC(=CCOc1ccc2c(c1)OCO2)CSCC(C)C. The fraction of sp³-hybridized carbons (Fsp3) is 0.500. The molecule has 0 N–H and O–H groups in total. The molecular formula is C16H22O3S. The van der Waals surface area contributed by atoms with Gasteiger partial charge in [-0.05, 0) is 36.8 Å². The molecule has 20 heavy (non-hydrogen) atoms. The van der Waals surface area contributed by atoms with E-state index >= 15 is 0 Å². The van der Waals surface area contributed by atoms with Crippen LogP contribution in [0.5, 0.6) is 17.2 Å². The lowest BCUT2D eigenvalue weighted by Gasteiger charge is -2.07. The van der Waals surface area contributed by atoms with Crippen molar-refractivity contribution in [2.75, 3.05) is 24.9 Å². The van der Waals surface area contributed by atoms with Crippen molar-refractivity contribution in [3.8, 4) is 17.2 Å². The van der Waals surface area contributed by atoms with E-state index in [0.29, 0.717) is 13.4 Å². The molecule has 1 aliphatic heterocycles. The number of benzene rings is 1. The van der Waals surface area contributed by atoms with E-state index < -0.39 is 0 Å². The van der Waals surface area contributed by atoms with Crippen LogP contribution in [0.4, 0.5) is 0 Å². The number of fused-ring (bicyclic) bond motifs is 1. The van der Waals surface area contributed by atoms with Gasteiger partial charge in [0.1, 0.15) is 12.4 Å². The standard InChI is InChI=1S/C16H22O3S/c1-12(2)9-20-10-13(3)6-7-17-14-4-5-15-16(8-14)19-11-18-15/h4-6,8,12H,7,9-11H2,1-3H3. The number of hydrogen-bond donors (Lipinski definition) is 0. The Morgan fingerprint density at radius 2 is 2.15 bits per heavy atom. The summed E-state index contributed by atoms with van der Waals surface area (Å²) in [5.41, 5.74) is 1.36. The Hall–Kier alpha value is -1.29. The van der Waals surface area contributed by atoms with Gasteiger partial charge in [-0.1, -0.05) is 19.4 Å². The van der Waals surface area contributed by atoms with Crippen molar-refractivity contribution in [2.24, 2.45) is 5.92 Å². The molecule has 2 rings (SSSR count). The molecule has 0 saturated carbocycles. The van der Waals surface area contributed by atoms with Crippen LogP contribution in [-0.2, 0) is 0 Å². The van der Waals surface area contributed by atoms with Crippen molar-refractivity contribution in [1.82, 2.24) is 0 Å². The second-order valence-electron chi connectivity index (χ2n) is 5.29. The van der Waals surface area contributed by atoms with Gasteiger partial charge in [0, 0.05) is 11.8 Å². The third-order valence-corrected chi connectivity index (χ3v) is 4.37. The van der Waals surface area contributed by atoms with Gasteiger partial charge in [-0.3, -0.25) is 0 Å². The zero-order valence-corrected chi connectivity index (χ0v) is 13.2. The van der Waals surface area contributed by atoms with Crippen molar-refractivity contribution in [2.45, 2.75) is 20.8 Å². The van der Waals surface area contributed by atoms with Gasteiger partial charge < -0.3 is 14.2 Å². The van der Waals surface area contributed by atoms with Crippen LogP contribution in [0.15, 0.2) is 29.8 Å². The second kappa shape index (κ2) is 7.48. The highest BCUT2D eigenvalue weighted by molar-refractivity contribution is 7.99. The lowest BCUT2D eigenvalue weighted by Crippen LogP contribution is -1.97. The molecule has 0 spiro atoms. The first-order chi connectivity index (χ1) is 9.65. The molecule has 1 aromatic carbocycles. The molecular weight excluding hydrogens is 272 g/mol. The van der Waals surface area contributed by atoms with E-state index in [0.717, 1.165) is 28.9 Å². The Balaban J connectivity index is 1.74. The first-order valence-corrected chi connectivity index (χ1v) is 8.06. The number of rotatable bonds is 7. The molecule has 0 bridgehead atoms. The maximum absolute atomic E-state index is 5.71. The van der Waals surface area contributed by atoms with Crippen LogP contribution < -0.4 is 14.2 Å². The summed E-state index contributed by atoms with van der Waals surface area (Å²) in [6, 6.07) is 5.66. The Kier molecular flexibility index (Phi) is 5.65. The summed E-state index contributed by atoms with van der Waals surface area (Å²) in [6.07, 6.45) is 2.14.